The molecule has 33 heavy (non-hydrogen) atoms. The molecule has 1 fully saturated rings. The molecule has 0 saturated carbocycles. The molecule has 0 radical (unpaired) electrons. The van der Waals surface area contributed by atoms with Gasteiger partial charge in [0.05, 0.1) is 30.5 Å². The third-order valence-corrected chi connectivity index (χ3v) is 6.15. The SMILES string of the molecule is CCc1ccccc1Nc1c(C(N)=O)cnc2cc(OCCCN3CCCC3)c(OC)cc12. The van der Waals surface area contributed by atoms with Crippen molar-refractivity contribution < 1.29 is 14.3 Å². The zero-order valence-corrected chi connectivity index (χ0v) is 19.4. The van der Waals surface area contributed by atoms with Crippen molar-refractivity contribution in [3.8, 4) is 11.5 Å². The van der Waals surface area contributed by atoms with Crippen molar-refractivity contribution in [2.24, 2.45) is 5.73 Å². The maximum Gasteiger partial charge on any atom is 0.252 e. The monoisotopic (exact) mass is 448 g/mol. The minimum atomic E-state index is -0.540. The van der Waals surface area contributed by atoms with Crippen LogP contribution < -0.4 is 20.5 Å². The highest BCUT2D eigenvalue weighted by molar-refractivity contribution is 6.08. The lowest BCUT2D eigenvalue weighted by Gasteiger charge is -2.18. The smallest absolute Gasteiger partial charge is 0.252 e. The van der Waals surface area contributed by atoms with Crippen LogP contribution in [0.3, 0.4) is 0 Å². The highest BCUT2D eigenvalue weighted by atomic mass is 16.5. The molecule has 1 saturated heterocycles. The molecule has 2 aromatic carbocycles. The number of likely N-dealkylation sites (tertiary alicyclic amines) is 1. The van der Waals surface area contributed by atoms with E-state index in [1.807, 2.05) is 30.3 Å². The van der Waals surface area contributed by atoms with Gasteiger partial charge >= 0.3 is 0 Å². The van der Waals surface area contributed by atoms with E-state index in [1.165, 1.54) is 32.1 Å². The standard InChI is InChI=1S/C26H32N4O3/c1-3-18-9-4-5-10-21(18)29-25-19-15-23(32-2)24(16-22(19)28-17-20(25)26(27)31)33-14-8-13-30-11-6-7-12-30/h4-5,9-10,15-17H,3,6-8,11-14H2,1-2H3,(H2,27,31)(H,28,29). The normalized spacial score (nSPS) is 13.9. The number of hydrogen-bond donors (Lipinski definition) is 2. The van der Waals surface area contributed by atoms with Gasteiger partial charge in [0.1, 0.15) is 0 Å². The third-order valence-electron chi connectivity index (χ3n) is 6.15. The van der Waals surface area contributed by atoms with Gasteiger partial charge in [-0.1, -0.05) is 25.1 Å². The number of carbonyl (C=O) groups is 1. The van der Waals surface area contributed by atoms with Gasteiger partial charge < -0.3 is 25.4 Å². The number of benzene rings is 2. The van der Waals surface area contributed by atoms with Crippen LogP contribution in [0, 0.1) is 0 Å². The van der Waals surface area contributed by atoms with E-state index in [2.05, 4.69) is 28.2 Å². The second-order valence-electron chi connectivity index (χ2n) is 8.32. The number of aromatic nitrogens is 1. The Bertz CT molecular complexity index is 1130. The quantitative estimate of drug-likeness (QED) is 0.444. The number of pyridine rings is 1. The largest absolute Gasteiger partial charge is 0.493 e. The summed E-state index contributed by atoms with van der Waals surface area (Å²) in [6.07, 6.45) is 5.91. The number of methoxy groups -OCH3 is 1. The summed E-state index contributed by atoms with van der Waals surface area (Å²) < 4.78 is 11.7. The number of para-hydroxylation sites is 1. The summed E-state index contributed by atoms with van der Waals surface area (Å²) in [5, 5.41) is 4.18. The molecule has 3 aromatic rings. The number of nitrogens with one attached hydrogen (secondary N) is 1. The van der Waals surface area contributed by atoms with Crippen molar-refractivity contribution in [1.82, 2.24) is 9.88 Å². The summed E-state index contributed by atoms with van der Waals surface area (Å²) in [7, 11) is 1.61. The molecule has 2 heterocycles. The van der Waals surface area contributed by atoms with Crippen molar-refractivity contribution in [1.29, 1.82) is 0 Å². The molecule has 0 spiro atoms. The molecule has 174 valence electrons. The van der Waals surface area contributed by atoms with E-state index in [-0.39, 0.29) is 0 Å². The van der Waals surface area contributed by atoms with Crippen LogP contribution in [0.5, 0.6) is 11.5 Å². The van der Waals surface area contributed by atoms with Crippen LogP contribution in [0.2, 0.25) is 0 Å². The third kappa shape index (κ3) is 5.20. The number of hydrogen-bond acceptors (Lipinski definition) is 6. The Morgan fingerprint density at radius 2 is 1.97 bits per heavy atom. The fourth-order valence-corrected chi connectivity index (χ4v) is 4.36. The molecule has 4 rings (SSSR count). The van der Waals surface area contributed by atoms with Crippen LogP contribution in [0.25, 0.3) is 10.9 Å². The summed E-state index contributed by atoms with van der Waals surface area (Å²) in [6.45, 7) is 6.11. The van der Waals surface area contributed by atoms with E-state index >= 15 is 0 Å². The second kappa shape index (κ2) is 10.5. The van der Waals surface area contributed by atoms with Crippen molar-refractivity contribution in [2.75, 3.05) is 38.7 Å². The molecule has 0 bridgehead atoms. The molecule has 0 aliphatic carbocycles. The van der Waals surface area contributed by atoms with E-state index in [1.54, 1.807) is 7.11 Å². The Morgan fingerprint density at radius 3 is 2.70 bits per heavy atom. The highest BCUT2D eigenvalue weighted by Gasteiger charge is 2.18. The average Bonchev–Trinajstić information content (AvgIpc) is 3.35. The van der Waals surface area contributed by atoms with E-state index in [4.69, 9.17) is 15.2 Å². The molecule has 1 aliphatic heterocycles. The van der Waals surface area contributed by atoms with Crippen molar-refractivity contribution in [2.45, 2.75) is 32.6 Å². The Morgan fingerprint density at radius 1 is 1.18 bits per heavy atom. The number of nitrogens with two attached hydrogens (primary N) is 1. The van der Waals surface area contributed by atoms with Crippen molar-refractivity contribution in [3.05, 3.63) is 53.7 Å². The predicted molar refractivity (Wildman–Crippen MR) is 132 cm³/mol. The molecule has 7 nitrogen and oxygen atoms in total. The molecule has 7 heteroatoms. The van der Waals surface area contributed by atoms with Gasteiger partial charge in [-0.3, -0.25) is 9.78 Å². The van der Waals surface area contributed by atoms with Crippen LogP contribution in [0.15, 0.2) is 42.6 Å². The first kappa shape index (κ1) is 22.9. The Hall–Kier alpha value is -3.32. The number of primary amides is 1. The van der Waals surface area contributed by atoms with E-state index in [9.17, 15) is 4.79 Å². The molecule has 0 atom stereocenters. The summed E-state index contributed by atoms with van der Waals surface area (Å²) in [4.78, 5) is 19.2. The maximum absolute atomic E-state index is 12.2. The molecular formula is C26H32N4O3. The first-order valence-electron chi connectivity index (χ1n) is 11.6. The summed E-state index contributed by atoms with van der Waals surface area (Å²) >= 11 is 0. The van der Waals surface area contributed by atoms with Crippen LogP contribution in [-0.4, -0.2) is 49.1 Å². The first-order chi connectivity index (χ1) is 16.1. The molecule has 0 unspecified atom stereocenters. The van der Waals surface area contributed by atoms with Gasteiger partial charge in [0.2, 0.25) is 0 Å². The number of anilines is 2. The van der Waals surface area contributed by atoms with Crippen LogP contribution in [0.1, 0.15) is 42.1 Å². The van der Waals surface area contributed by atoms with E-state index in [0.717, 1.165) is 36.0 Å². The lowest BCUT2D eigenvalue weighted by atomic mass is 10.1. The van der Waals surface area contributed by atoms with Gasteiger partial charge in [-0.2, -0.15) is 0 Å². The van der Waals surface area contributed by atoms with E-state index in [0.29, 0.717) is 34.9 Å². The van der Waals surface area contributed by atoms with Gasteiger partial charge in [-0.25, -0.2) is 0 Å². The fraction of sp³-hybridized carbons (Fsp3) is 0.385. The Balaban J connectivity index is 1.64. The topological polar surface area (TPSA) is 89.7 Å². The van der Waals surface area contributed by atoms with Crippen LogP contribution >= 0.6 is 0 Å². The fourth-order valence-electron chi connectivity index (χ4n) is 4.36. The molecule has 3 N–H and O–H groups in total. The van der Waals surface area contributed by atoms with E-state index < -0.39 is 5.91 Å². The molecule has 1 aromatic heterocycles. The lowest BCUT2D eigenvalue weighted by molar-refractivity contribution is 0.100. The molecule has 1 amide bonds. The zero-order valence-electron chi connectivity index (χ0n) is 19.4. The van der Waals surface area contributed by atoms with Gasteiger partial charge in [-0.15, -0.1) is 0 Å². The molecular weight excluding hydrogens is 416 g/mol. The maximum atomic E-state index is 12.2. The first-order valence-corrected chi connectivity index (χ1v) is 11.6. The summed E-state index contributed by atoms with van der Waals surface area (Å²) in [5.41, 5.74) is 9.40. The van der Waals surface area contributed by atoms with Gasteiger partial charge in [0, 0.05) is 29.9 Å². The number of rotatable bonds is 10. The van der Waals surface area contributed by atoms with Crippen LogP contribution in [0.4, 0.5) is 11.4 Å². The summed E-state index contributed by atoms with van der Waals surface area (Å²) in [5.74, 6) is 0.701. The van der Waals surface area contributed by atoms with Gasteiger partial charge in [0.25, 0.3) is 5.91 Å². The zero-order chi connectivity index (χ0) is 23.2. The van der Waals surface area contributed by atoms with Crippen molar-refractivity contribution in [3.63, 3.8) is 0 Å². The number of ether oxygens (including phenoxy) is 2. The number of nitrogens with zero attached hydrogens (tertiary/aromatic N) is 2. The van der Waals surface area contributed by atoms with Gasteiger partial charge in [-0.05, 0) is 56.5 Å². The van der Waals surface area contributed by atoms with Crippen molar-refractivity contribution >= 4 is 28.2 Å². The van der Waals surface area contributed by atoms with Crippen LogP contribution in [-0.2, 0) is 6.42 Å². The minimum Gasteiger partial charge on any atom is -0.493 e. The number of amides is 1. The predicted octanol–water partition coefficient (Wildman–Crippen LogP) is 4.51. The number of carbonyl (C=O) groups excluding carboxylic acids is 1. The second-order valence-corrected chi connectivity index (χ2v) is 8.32. The lowest BCUT2D eigenvalue weighted by Crippen LogP contribution is -2.21. The number of aryl methyl sites for hydroxylation is 1. The molecule has 1 aliphatic rings. The average molecular weight is 449 g/mol. The minimum absolute atomic E-state index is 0.328. The Labute approximate surface area is 194 Å². The highest BCUT2D eigenvalue weighted by Crippen LogP contribution is 2.37. The Kier molecular flexibility index (Phi) is 7.29. The summed E-state index contributed by atoms with van der Waals surface area (Å²) in [6, 6.07) is 11.7. The number of fused-ring (bicyclic) bond motifs is 1. The van der Waals surface area contributed by atoms with Gasteiger partial charge in [0.15, 0.2) is 11.5 Å².